The minimum absolute atomic E-state index is 0. The molecule has 7 aromatic carbocycles. The van der Waals surface area contributed by atoms with Crippen LogP contribution in [0.4, 0.5) is 0 Å². The number of fused-ring (bicyclic) bond motifs is 12. The van der Waals surface area contributed by atoms with Gasteiger partial charge in [0.15, 0.2) is 17.3 Å². The van der Waals surface area contributed by atoms with E-state index in [4.69, 9.17) is 35.6 Å². The van der Waals surface area contributed by atoms with Gasteiger partial charge in [0.05, 0.1) is 22.8 Å². The summed E-state index contributed by atoms with van der Waals surface area (Å²) in [6.07, 6.45) is 26.0. The van der Waals surface area contributed by atoms with Crippen molar-refractivity contribution in [3.8, 4) is 44.3 Å². The maximum absolute atomic E-state index is 10.0. The van der Waals surface area contributed by atoms with Gasteiger partial charge in [-0.15, -0.1) is 176 Å². The summed E-state index contributed by atoms with van der Waals surface area (Å²) in [6, 6.07) is 83.9. The molecule has 4 radical (unpaired) electrons. The Kier molecular flexibility index (Phi) is 47.1. The number of ketones is 3. The van der Waals surface area contributed by atoms with E-state index in [1.54, 1.807) is 11.3 Å². The Morgan fingerprint density at radius 1 is 0.411 bits per heavy atom. The largest absolute Gasteiger partial charge is 4.00 e. The molecule has 17 rings (SSSR count). The molecule has 0 aliphatic carbocycles. The Morgan fingerprint density at radius 3 is 1.26 bits per heavy atom. The minimum atomic E-state index is -0.125. The molecular weight excluding hydrogens is 2510 g/mol. The summed E-state index contributed by atoms with van der Waals surface area (Å²) in [6.45, 7) is 26.6. The van der Waals surface area contributed by atoms with Crippen molar-refractivity contribution in [2.24, 2.45) is 5.92 Å². The van der Waals surface area contributed by atoms with Crippen LogP contribution in [0.2, 0.25) is 0 Å². The van der Waals surface area contributed by atoms with Crippen LogP contribution in [0, 0.1) is 30.2 Å². The van der Waals surface area contributed by atoms with E-state index in [0.717, 1.165) is 140 Å². The molecule has 2 unspecified atom stereocenters. The number of aliphatic hydroxyl groups is 3. The van der Waals surface area contributed by atoms with Gasteiger partial charge in [0.1, 0.15) is 0 Å². The Morgan fingerprint density at radius 2 is 0.837 bits per heavy atom. The Hall–Kier alpha value is -10.3. The van der Waals surface area contributed by atoms with Crippen LogP contribution < -0.4 is 36.3 Å². The number of aliphatic hydroxyl groups excluding tert-OH is 3. The van der Waals surface area contributed by atoms with Gasteiger partial charge in [-0.1, -0.05) is 228 Å². The SMILES string of the molecule is CC(=O)C=C(C)O.CC(=O)C=C(C)O.CC(=O)C=C(C)O.CCC1=C2C=c3[n-]c(c(CC)c3CC)=Cc3[n-]c(c(CC)c3CC)C=c3[n-]c(c(CC)c3CC)=CC([N-]2)C1CC.[Ir].[Ir].[Ir].[Ir].[Pt+4].[c-]1c(-c2ccccn2)sc2ccccc12.[c-]1ccccc1-c1ccc2ccccc2n1.[c-]1ccccc1-c1nccc2ccccc12.[c-]1ccccc1-c1nccc2ccccc12. The van der Waals surface area contributed by atoms with E-state index < -0.39 is 0 Å². The van der Waals surface area contributed by atoms with E-state index in [1.165, 1.54) is 136 Å². The fraction of sp³-hybridized carbons (Fsp3) is 0.220. The molecular formula is C109H108Ir4N8O6PtS-4. The zero-order valence-electron chi connectivity index (χ0n) is 75.0. The molecule has 2 aliphatic heterocycles. The molecule has 129 heavy (non-hydrogen) atoms. The molecule has 0 fully saturated rings. The van der Waals surface area contributed by atoms with Gasteiger partial charge in [0, 0.05) is 123 Å². The van der Waals surface area contributed by atoms with Crippen molar-refractivity contribution in [1.82, 2.24) is 34.9 Å². The van der Waals surface area contributed by atoms with Gasteiger partial charge in [-0.3, -0.25) is 19.4 Å². The van der Waals surface area contributed by atoms with E-state index in [2.05, 4.69) is 178 Å². The number of carbonyl (C=O) groups is 3. The molecule has 0 amide bonds. The van der Waals surface area contributed by atoms with Gasteiger partial charge in [-0.25, -0.2) is 11.3 Å². The zero-order chi connectivity index (χ0) is 88.6. The van der Waals surface area contributed by atoms with Crippen LogP contribution >= 0.6 is 11.3 Å². The number of hydrogen-bond acceptors (Lipinski definition) is 11. The molecule has 3 N–H and O–H groups in total. The standard InChI is InChI=1S/C36H46N4.3C15H10N.C13H8NS.3C5H8O2.4Ir.Pt/c1-9-21-22(10-2)30-18-32-25(13-5)26(14-6)34(39-32)20-36-28(16-8)27(15-7)35(40-36)19-33-24(12-4)23(11-3)31(38-33)17-29(21)37-30;2*1-2-7-13(8-3-1)15-14-9-5-4-6-12(14)10-11-16-15;1-2-6-12(7-3-1)15-11-10-13-8-4-5-9-14(13)16-15;1-2-7-12-10(5-1)9-13(15-12)11-6-3-4-8-14-11;3*1-4(6)3-5(2)7;;;;;/h17-21,29H,9-16H2,1-8H3;2*1-7,9-11H;1-6,8-11H;1-8H;3*3,6H,1-2H3;;;;;/q-4;4*-1;;;;;;;;+4. The molecule has 8 bridgehead atoms. The normalized spacial score (nSPS) is 12.7. The summed E-state index contributed by atoms with van der Waals surface area (Å²) in [4.78, 5) is 64.8. The summed E-state index contributed by atoms with van der Waals surface area (Å²) in [5.74, 6) is 0.216. The van der Waals surface area contributed by atoms with Crippen molar-refractivity contribution in [2.45, 2.75) is 154 Å². The predicted molar refractivity (Wildman–Crippen MR) is 512 cm³/mol. The summed E-state index contributed by atoms with van der Waals surface area (Å²) in [7, 11) is 0. The number of rotatable bonds is 15. The summed E-state index contributed by atoms with van der Waals surface area (Å²) in [5, 5.41) is 41.9. The van der Waals surface area contributed by atoms with Gasteiger partial charge < -0.3 is 50.5 Å². The molecule has 15 aromatic rings. The van der Waals surface area contributed by atoms with Gasteiger partial charge in [-0.05, 0) is 170 Å². The van der Waals surface area contributed by atoms with Crippen LogP contribution in [0.1, 0.15) is 155 Å². The van der Waals surface area contributed by atoms with Crippen molar-refractivity contribution in [1.29, 1.82) is 0 Å². The van der Waals surface area contributed by atoms with E-state index in [-0.39, 0.29) is 142 Å². The third-order valence-corrected chi connectivity index (χ3v) is 21.7. The molecule has 2 aliphatic rings. The fourth-order valence-corrected chi connectivity index (χ4v) is 16.2. The molecule has 0 saturated heterocycles. The van der Waals surface area contributed by atoms with E-state index in [0.29, 0.717) is 5.92 Å². The number of para-hydroxylation sites is 1. The van der Waals surface area contributed by atoms with Crippen molar-refractivity contribution in [3.05, 3.63) is 373 Å². The second-order valence-electron chi connectivity index (χ2n) is 29.6. The van der Waals surface area contributed by atoms with Crippen LogP contribution in [0.3, 0.4) is 0 Å². The topological polar surface area (TPSA) is 220 Å². The van der Waals surface area contributed by atoms with E-state index in [1.807, 2.05) is 176 Å². The summed E-state index contributed by atoms with van der Waals surface area (Å²) < 4.78 is 1.26. The molecule has 8 aromatic heterocycles. The number of carbonyl (C=O) groups excluding carboxylic acids is 3. The number of pyridine rings is 4. The maximum atomic E-state index is 10.0. The Balaban J connectivity index is 0.000000281. The number of thiophene rings is 1. The van der Waals surface area contributed by atoms with Crippen LogP contribution in [-0.2, 0) is 154 Å². The maximum Gasteiger partial charge on any atom is 4.00 e. The van der Waals surface area contributed by atoms with Crippen LogP contribution in [-0.4, -0.2) is 58.6 Å². The van der Waals surface area contributed by atoms with E-state index in [9.17, 15) is 14.4 Å². The Bertz CT molecular complexity index is 6300. The number of allylic oxidation sites excluding steroid dienone is 7. The smallest absolute Gasteiger partial charge is 0.678 e. The van der Waals surface area contributed by atoms with Gasteiger partial charge in [0.2, 0.25) is 0 Å². The summed E-state index contributed by atoms with van der Waals surface area (Å²) in [5.41, 5.74) is 20.9. The van der Waals surface area contributed by atoms with E-state index >= 15 is 0 Å². The second kappa shape index (κ2) is 55.6. The zero-order valence-corrected chi connectivity index (χ0v) is 87.7. The quantitative estimate of drug-likeness (QED) is 0.0495. The first-order chi connectivity index (χ1) is 60.1. The third kappa shape index (κ3) is 30.6. The van der Waals surface area contributed by atoms with Crippen molar-refractivity contribution in [3.63, 3.8) is 0 Å². The van der Waals surface area contributed by atoms with Gasteiger partial charge >= 0.3 is 21.1 Å². The predicted octanol–water partition coefficient (Wildman–Crippen LogP) is 22.6. The number of aromatic nitrogens is 7. The van der Waals surface area contributed by atoms with Crippen molar-refractivity contribution < 1.29 is 131 Å². The van der Waals surface area contributed by atoms with Crippen molar-refractivity contribution in [2.75, 3.05) is 0 Å². The molecule has 0 saturated carbocycles. The van der Waals surface area contributed by atoms with Crippen molar-refractivity contribution >= 4 is 95.5 Å². The molecule has 676 valence electrons. The number of benzene rings is 7. The monoisotopic (exact) mass is 2620 g/mol. The molecule has 20 heteroatoms. The van der Waals surface area contributed by atoms with Crippen LogP contribution in [0.5, 0.6) is 0 Å². The molecule has 14 nitrogen and oxygen atoms in total. The van der Waals surface area contributed by atoms with Gasteiger partial charge in [-0.2, -0.15) is 0 Å². The molecule has 0 spiro atoms. The first kappa shape index (κ1) is 109. The van der Waals surface area contributed by atoms with Gasteiger partial charge in [0.25, 0.3) is 0 Å². The fourth-order valence-electron chi connectivity index (χ4n) is 15.2. The number of hydrogen-bond donors (Lipinski definition) is 3. The average Bonchev–Trinajstić information content (AvgIpc) is 1.62. The summed E-state index contributed by atoms with van der Waals surface area (Å²) >= 11 is 1.73. The first-order valence-corrected chi connectivity index (χ1v) is 43.2. The second-order valence-corrected chi connectivity index (χ2v) is 30.6. The first-order valence-electron chi connectivity index (χ1n) is 42.4. The average molecular weight is 2620 g/mol. The minimum Gasteiger partial charge on any atom is -0.678 e. The van der Waals surface area contributed by atoms with Crippen LogP contribution in [0.25, 0.3) is 116 Å². The Labute approximate surface area is 831 Å². The van der Waals surface area contributed by atoms with Crippen LogP contribution in [0.15, 0.2) is 278 Å². The molecule has 2 atom stereocenters. The third-order valence-electron chi connectivity index (χ3n) is 20.6. The molecule has 10 heterocycles. The number of nitrogens with zero attached hydrogens (tertiary/aromatic N) is 8.